The van der Waals surface area contributed by atoms with Gasteiger partial charge in [-0.25, -0.2) is 0 Å². The maximum absolute atomic E-state index is 12.1. The van der Waals surface area contributed by atoms with Gasteiger partial charge in [0.1, 0.15) is 0 Å². The minimum atomic E-state index is -0.293. The lowest BCUT2D eigenvalue weighted by Gasteiger charge is -2.31. The van der Waals surface area contributed by atoms with Gasteiger partial charge in [0.2, 0.25) is 5.91 Å². The van der Waals surface area contributed by atoms with Gasteiger partial charge in [-0.3, -0.25) is 4.79 Å². The van der Waals surface area contributed by atoms with Crippen LogP contribution in [0.3, 0.4) is 0 Å². The number of rotatable bonds is 7. The molecule has 1 rings (SSSR count). The van der Waals surface area contributed by atoms with Crippen molar-refractivity contribution in [2.75, 3.05) is 6.54 Å². The lowest BCUT2D eigenvalue weighted by Crippen LogP contribution is -2.52. The highest BCUT2D eigenvalue weighted by Gasteiger charge is 2.25. The first-order valence-corrected chi connectivity index (χ1v) is 7.41. The third-order valence-electron chi connectivity index (χ3n) is 3.51. The van der Waals surface area contributed by atoms with E-state index < -0.39 is 0 Å². The lowest BCUT2D eigenvalue weighted by molar-refractivity contribution is -0.122. The summed E-state index contributed by atoms with van der Waals surface area (Å²) in [6, 6.07) is 8.32. The molecule has 3 nitrogen and oxygen atoms in total. The minimum Gasteiger partial charge on any atom is -0.350 e. The normalized spacial score (nSPS) is 13.4. The number of carbonyl (C=O) groups is 1. The van der Waals surface area contributed by atoms with Gasteiger partial charge in [0.05, 0.1) is 0 Å². The second-order valence-electron chi connectivity index (χ2n) is 6.40. The Labute approximate surface area is 135 Å². The standard InChI is InChI=1S/C17H28N2O.ClH/c1-13(2)11-17(4,12-18)19-16(20)10-9-15-7-5-14(3)6-8-15;/h5-8,13H,9-12,18H2,1-4H3,(H,19,20);1H. The number of hydrogen-bond donors (Lipinski definition) is 2. The first-order chi connectivity index (χ1) is 9.34. The van der Waals surface area contributed by atoms with Crippen molar-refractivity contribution < 1.29 is 4.79 Å². The van der Waals surface area contributed by atoms with Crippen molar-refractivity contribution in [1.29, 1.82) is 0 Å². The van der Waals surface area contributed by atoms with Crippen molar-refractivity contribution >= 4 is 18.3 Å². The van der Waals surface area contributed by atoms with Crippen molar-refractivity contribution in [3.63, 3.8) is 0 Å². The highest BCUT2D eigenvalue weighted by atomic mass is 35.5. The number of halogens is 1. The van der Waals surface area contributed by atoms with E-state index >= 15 is 0 Å². The molecule has 0 spiro atoms. The Morgan fingerprint density at radius 2 is 1.86 bits per heavy atom. The highest BCUT2D eigenvalue weighted by Crippen LogP contribution is 2.15. The van der Waals surface area contributed by atoms with E-state index in [0.29, 0.717) is 18.9 Å². The van der Waals surface area contributed by atoms with Crippen LogP contribution in [-0.4, -0.2) is 18.0 Å². The van der Waals surface area contributed by atoms with Crippen LogP contribution in [0.4, 0.5) is 0 Å². The molecule has 21 heavy (non-hydrogen) atoms. The van der Waals surface area contributed by atoms with Gasteiger partial charge < -0.3 is 11.1 Å². The van der Waals surface area contributed by atoms with Crippen LogP contribution in [0.1, 0.15) is 44.7 Å². The molecule has 1 atom stereocenters. The molecule has 3 N–H and O–H groups in total. The first-order valence-electron chi connectivity index (χ1n) is 7.41. The zero-order valence-electron chi connectivity index (χ0n) is 13.6. The summed E-state index contributed by atoms with van der Waals surface area (Å²) >= 11 is 0. The Bertz CT molecular complexity index is 431. The van der Waals surface area contributed by atoms with E-state index in [4.69, 9.17) is 5.73 Å². The van der Waals surface area contributed by atoms with Crippen LogP contribution >= 0.6 is 12.4 Å². The van der Waals surface area contributed by atoms with Gasteiger partial charge in [0, 0.05) is 18.5 Å². The van der Waals surface area contributed by atoms with E-state index in [-0.39, 0.29) is 23.9 Å². The molecule has 120 valence electrons. The second kappa shape index (κ2) is 9.06. The maximum Gasteiger partial charge on any atom is 0.220 e. The van der Waals surface area contributed by atoms with E-state index in [1.54, 1.807) is 0 Å². The van der Waals surface area contributed by atoms with E-state index in [9.17, 15) is 4.79 Å². The number of nitrogens with two attached hydrogens (primary N) is 1. The average Bonchev–Trinajstić information content (AvgIpc) is 2.37. The molecule has 0 heterocycles. The van der Waals surface area contributed by atoms with Gasteiger partial charge in [0.15, 0.2) is 0 Å². The van der Waals surface area contributed by atoms with E-state index in [2.05, 4.69) is 50.4 Å². The number of benzene rings is 1. The predicted octanol–water partition coefficient (Wildman–Crippen LogP) is 3.23. The Morgan fingerprint density at radius 1 is 1.29 bits per heavy atom. The van der Waals surface area contributed by atoms with Gasteiger partial charge in [0.25, 0.3) is 0 Å². The van der Waals surface area contributed by atoms with Crippen molar-refractivity contribution in [2.45, 2.75) is 52.5 Å². The van der Waals surface area contributed by atoms with E-state index in [0.717, 1.165) is 12.8 Å². The van der Waals surface area contributed by atoms with Gasteiger partial charge in [-0.15, -0.1) is 12.4 Å². The Balaban J connectivity index is 0.00000400. The van der Waals surface area contributed by atoms with Crippen LogP contribution in [0.15, 0.2) is 24.3 Å². The van der Waals surface area contributed by atoms with Crippen LogP contribution in [-0.2, 0) is 11.2 Å². The number of carbonyl (C=O) groups excluding carboxylic acids is 1. The summed E-state index contributed by atoms with van der Waals surface area (Å²) in [6.45, 7) is 8.85. The summed E-state index contributed by atoms with van der Waals surface area (Å²) in [6.07, 6.45) is 2.19. The molecule has 0 radical (unpaired) electrons. The number of amides is 1. The Kier molecular flexibility index (Phi) is 8.60. The van der Waals surface area contributed by atoms with E-state index in [1.165, 1.54) is 11.1 Å². The maximum atomic E-state index is 12.1. The topological polar surface area (TPSA) is 55.1 Å². The molecular formula is C17H29ClN2O. The SMILES string of the molecule is Cc1ccc(CCC(=O)NC(C)(CN)CC(C)C)cc1.Cl. The molecule has 1 aromatic rings. The fourth-order valence-corrected chi connectivity index (χ4v) is 2.50. The summed E-state index contributed by atoms with van der Waals surface area (Å²) in [5, 5.41) is 3.09. The lowest BCUT2D eigenvalue weighted by atomic mass is 9.90. The number of hydrogen-bond acceptors (Lipinski definition) is 2. The predicted molar refractivity (Wildman–Crippen MR) is 91.8 cm³/mol. The molecule has 0 aromatic heterocycles. The van der Waals surface area contributed by atoms with Crippen molar-refractivity contribution in [1.82, 2.24) is 5.32 Å². The van der Waals surface area contributed by atoms with Crippen LogP contribution in [0.5, 0.6) is 0 Å². The second-order valence-corrected chi connectivity index (χ2v) is 6.40. The summed E-state index contributed by atoms with van der Waals surface area (Å²) in [5.74, 6) is 0.597. The van der Waals surface area contributed by atoms with Crippen molar-refractivity contribution in [3.05, 3.63) is 35.4 Å². The minimum absolute atomic E-state index is 0. The van der Waals surface area contributed by atoms with Crippen molar-refractivity contribution in [3.8, 4) is 0 Å². The number of nitrogens with one attached hydrogen (secondary N) is 1. The first kappa shape index (κ1) is 19.9. The van der Waals surface area contributed by atoms with Crippen LogP contribution in [0, 0.1) is 12.8 Å². The molecule has 0 saturated carbocycles. The summed E-state index contributed by atoms with van der Waals surface area (Å²) < 4.78 is 0. The molecular weight excluding hydrogens is 284 g/mol. The molecule has 1 aromatic carbocycles. The van der Waals surface area contributed by atoms with Gasteiger partial charge in [-0.2, -0.15) is 0 Å². The summed E-state index contributed by atoms with van der Waals surface area (Å²) in [7, 11) is 0. The fraction of sp³-hybridized carbons (Fsp3) is 0.588. The molecule has 4 heteroatoms. The zero-order chi connectivity index (χ0) is 15.2. The molecule has 0 aliphatic heterocycles. The largest absolute Gasteiger partial charge is 0.350 e. The summed E-state index contributed by atoms with van der Waals surface area (Å²) in [4.78, 5) is 12.1. The van der Waals surface area contributed by atoms with Gasteiger partial charge in [-0.1, -0.05) is 43.7 Å². The highest BCUT2D eigenvalue weighted by molar-refractivity contribution is 5.85. The molecule has 0 saturated heterocycles. The molecule has 1 unspecified atom stereocenters. The molecule has 0 aliphatic carbocycles. The Hall–Kier alpha value is -1.06. The van der Waals surface area contributed by atoms with E-state index in [1.807, 2.05) is 6.92 Å². The summed E-state index contributed by atoms with van der Waals surface area (Å²) in [5.41, 5.74) is 7.96. The van der Waals surface area contributed by atoms with Crippen LogP contribution in [0.25, 0.3) is 0 Å². The molecule has 1 amide bonds. The van der Waals surface area contributed by atoms with Gasteiger partial charge in [-0.05, 0) is 38.2 Å². The average molecular weight is 313 g/mol. The number of aryl methyl sites for hydroxylation is 2. The quantitative estimate of drug-likeness (QED) is 0.812. The zero-order valence-corrected chi connectivity index (χ0v) is 14.4. The third kappa shape index (κ3) is 7.49. The molecule has 0 aliphatic rings. The van der Waals surface area contributed by atoms with Crippen LogP contribution < -0.4 is 11.1 Å². The molecule has 0 fully saturated rings. The molecule has 0 bridgehead atoms. The Morgan fingerprint density at radius 3 is 2.33 bits per heavy atom. The fourth-order valence-electron chi connectivity index (χ4n) is 2.50. The van der Waals surface area contributed by atoms with Crippen molar-refractivity contribution in [2.24, 2.45) is 11.7 Å². The third-order valence-corrected chi connectivity index (χ3v) is 3.51. The van der Waals surface area contributed by atoms with Crippen LogP contribution in [0.2, 0.25) is 0 Å². The van der Waals surface area contributed by atoms with Gasteiger partial charge >= 0.3 is 0 Å². The smallest absolute Gasteiger partial charge is 0.220 e. The monoisotopic (exact) mass is 312 g/mol.